The van der Waals surface area contributed by atoms with Gasteiger partial charge in [-0.05, 0) is 29.3 Å². The molecule has 0 saturated heterocycles. The Kier molecular flexibility index (Phi) is 6.08. The minimum atomic E-state index is 0.560. The normalized spacial score (nSPS) is 11.2. The second kappa shape index (κ2) is 8.91. The molecule has 124 valence electrons. The van der Waals surface area contributed by atoms with E-state index in [0.717, 1.165) is 27.5 Å². The molecule has 2 heteroatoms. The molecule has 0 heterocycles. The molecule has 0 atom stereocenters. The molecule has 0 amide bonds. The van der Waals surface area contributed by atoms with Crippen molar-refractivity contribution in [1.29, 1.82) is 0 Å². The summed E-state index contributed by atoms with van der Waals surface area (Å²) in [7, 11) is 0. The topological polar surface area (TPSA) is 9.23 Å². The average Bonchev–Trinajstić information content (AvgIpc) is 2.65. The lowest BCUT2D eigenvalue weighted by Gasteiger charge is -2.09. The highest BCUT2D eigenvalue weighted by atomic mass is 35.5. The first-order valence-electron chi connectivity index (χ1n) is 8.17. The van der Waals surface area contributed by atoms with Gasteiger partial charge < -0.3 is 4.74 Å². The van der Waals surface area contributed by atoms with Gasteiger partial charge in [0.1, 0.15) is 12.4 Å². The standard InChI is InChI=1S/C23H19ClO/c24-22-15-8-12-19(17-22)9-4-5-13-21-14-6-7-16-23(21)25-18-20-10-2-1-3-11-20/h1-17H,18H2/b9-4+,13-5+. The first-order chi connectivity index (χ1) is 12.3. The van der Waals surface area contributed by atoms with Gasteiger partial charge >= 0.3 is 0 Å². The summed E-state index contributed by atoms with van der Waals surface area (Å²) in [5.41, 5.74) is 3.28. The van der Waals surface area contributed by atoms with Crippen molar-refractivity contribution in [3.05, 3.63) is 113 Å². The van der Waals surface area contributed by atoms with Crippen molar-refractivity contribution in [3.63, 3.8) is 0 Å². The van der Waals surface area contributed by atoms with Gasteiger partial charge in [-0.15, -0.1) is 0 Å². The minimum Gasteiger partial charge on any atom is -0.488 e. The molecule has 0 aliphatic heterocycles. The highest BCUT2D eigenvalue weighted by molar-refractivity contribution is 6.30. The smallest absolute Gasteiger partial charge is 0.127 e. The molecule has 3 aromatic carbocycles. The Hall–Kier alpha value is -2.77. The molecule has 3 aromatic rings. The molecule has 0 fully saturated rings. The third kappa shape index (κ3) is 5.37. The Morgan fingerprint density at radius 3 is 2.36 bits per heavy atom. The molecule has 0 aliphatic rings. The van der Waals surface area contributed by atoms with Crippen LogP contribution in [0.2, 0.25) is 5.02 Å². The molecule has 0 N–H and O–H groups in total. The lowest BCUT2D eigenvalue weighted by molar-refractivity contribution is 0.305. The summed E-state index contributed by atoms with van der Waals surface area (Å²) < 4.78 is 5.96. The van der Waals surface area contributed by atoms with E-state index in [0.29, 0.717) is 6.61 Å². The quantitative estimate of drug-likeness (QED) is 0.454. The SMILES string of the molecule is Clc1cccc(/C=C/C=C/c2ccccc2OCc2ccccc2)c1. The number of ether oxygens (including phenoxy) is 1. The third-order valence-corrected chi connectivity index (χ3v) is 3.92. The number of hydrogen-bond donors (Lipinski definition) is 0. The van der Waals surface area contributed by atoms with E-state index in [1.54, 1.807) is 0 Å². The predicted molar refractivity (Wildman–Crippen MR) is 107 cm³/mol. The molecule has 0 bridgehead atoms. The molecule has 0 spiro atoms. The van der Waals surface area contributed by atoms with Crippen LogP contribution in [0.3, 0.4) is 0 Å². The van der Waals surface area contributed by atoms with Gasteiger partial charge in [-0.25, -0.2) is 0 Å². The Bertz CT molecular complexity index is 866. The second-order valence-corrected chi connectivity index (χ2v) is 6.02. The van der Waals surface area contributed by atoms with Gasteiger partial charge in [0, 0.05) is 10.6 Å². The summed E-state index contributed by atoms with van der Waals surface area (Å²) in [5.74, 6) is 0.874. The number of halogens is 1. The van der Waals surface area contributed by atoms with E-state index in [1.165, 1.54) is 0 Å². The molecule has 0 aromatic heterocycles. The van der Waals surface area contributed by atoms with E-state index in [1.807, 2.05) is 91.0 Å². The highest BCUT2D eigenvalue weighted by Gasteiger charge is 2.00. The van der Waals surface area contributed by atoms with Crippen molar-refractivity contribution in [1.82, 2.24) is 0 Å². The average molecular weight is 347 g/mol. The van der Waals surface area contributed by atoms with Crippen LogP contribution in [0.1, 0.15) is 16.7 Å². The van der Waals surface area contributed by atoms with Gasteiger partial charge in [-0.3, -0.25) is 0 Å². The fourth-order valence-corrected chi connectivity index (χ4v) is 2.62. The Labute approximate surface area is 153 Å². The zero-order valence-electron chi connectivity index (χ0n) is 13.8. The van der Waals surface area contributed by atoms with E-state index in [4.69, 9.17) is 16.3 Å². The van der Waals surface area contributed by atoms with Crippen molar-refractivity contribution in [2.24, 2.45) is 0 Å². The molecule has 25 heavy (non-hydrogen) atoms. The lowest BCUT2D eigenvalue weighted by Crippen LogP contribution is -1.96. The Balaban J connectivity index is 1.66. The van der Waals surface area contributed by atoms with Gasteiger partial charge in [0.15, 0.2) is 0 Å². The van der Waals surface area contributed by atoms with Crippen molar-refractivity contribution < 1.29 is 4.74 Å². The van der Waals surface area contributed by atoms with Crippen molar-refractivity contribution in [2.75, 3.05) is 0 Å². The predicted octanol–water partition coefficient (Wildman–Crippen LogP) is 6.65. The maximum Gasteiger partial charge on any atom is 0.127 e. The largest absolute Gasteiger partial charge is 0.488 e. The Morgan fingerprint density at radius 2 is 1.52 bits per heavy atom. The van der Waals surface area contributed by atoms with Crippen LogP contribution in [0.15, 0.2) is 91.0 Å². The van der Waals surface area contributed by atoms with Crippen LogP contribution in [0.25, 0.3) is 12.2 Å². The van der Waals surface area contributed by atoms with Crippen LogP contribution in [-0.2, 0) is 6.61 Å². The number of para-hydroxylation sites is 1. The van der Waals surface area contributed by atoms with Crippen LogP contribution in [0.4, 0.5) is 0 Å². The van der Waals surface area contributed by atoms with E-state index in [-0.39, 0.29) is 0 Å². The number of rotatable bonds is 6. The monoisotopic (exact) mass is 346 g/mol. The zero-order chi connectivity index (χ0) is 17.3. The molecule has 0 unspecified atom stereocenters. The van der Waals surface area contributed by atoms with Gasteiger partial charge in [0.05, 0.1) is 0 Å². The van der Waals surface area contributed by atoms with Gasteiger partial charge in [-0.1, -0.05) is 96.6 Å². The molecule has 0 radical (unpaired) electrons. The molecule has 3 rings (SSSR count). The van der Waals surface area contributed by atoms with Crippen molar-refractivity contribution in [3.8, 4) is 5.75 Å². The van der Waals surface area contributed by atoms with Crippen LogP contribution in [-0.4, -0.2) is 0 Å². The van der Waals surface area contributed by atoms with Crippen LogP contribution in [0.5, 0.6) is 5.75 Å². The van der Waals surface area contributed by atoms with E-state index in [2.05, 4.69) is 12.1 Å². The lowest BCUT2D eigenvalue weighted by atomic mass is 10.1. The summed E-state index contributed by atoms with van der Waals surface area (Å²) in [6.45, 7) is 0.560. The van der Waals surface area contributed by atoms with Crippen LogP contribution >= 0.6 is 11.6 Å². The summed E-state index contributed by atoms with van der Waals surface area (Å²) >= 11 is 5.99. The fourth-order valence-electron chi connectivity index (χ4n) is 2.42. The maximum absolute atomic E-state index is 5.99. The van der Waals surface area contributed by atoms with Gasteiger partial charge in [0.2, 0.25) is 0 Å². The van der Waals surface area contributed by atoms with E-state index in [9.17, 15) is 0 Å². The molecule has 0 saturated carbocycles. The summed E-state index contributed by atoms with van der Waals surface area (Å²) in [6.07, 6.45) is 8.07. The maximum atomic E-state index is 5.99. The highest BCUT2D eigenvalue weighted by Crippen LogP contribution is 2.21. The van der Waals surface area contributed by atoms with Crippen molar-refractivity contribution >= 4 is 23.8 Å². The third-order valence-electron chi connectivity index (χ3n) is 3.68. The van der Waals surface area contributed by atoms with E-state index < -0.39 is 0 Å². The molecule has 0 aliphatic carbocycles. The summed E-state index contributed by atoms with van der Waals surface area (Å²) in [4.78, 5) is 0. The number of hydrogen-bond acceptors (Lipinski definition) is 1. The molecular weight excluding hydrogens is 328 g/mol. The van der Waals surface area contributed by atoms with Crippen LogP contribution < -0.4 is 4.74 Å². The zero-order valence-corrected chi connectivity index (χ0v) is 14.6. The van der Waals surface area contributed by atoms with Crippen molar-refractivity contribution in [2.45, 2.75) is 6.61 Å². The Morgan fingerprint density at radius 1 is 0.760 bits per heavy atom. The minimum absolute atomic E-state index is 0.560. The molecule has 1 nitrogen and oxygen atoms in total. The summed E-state index contributed by atoms with van der Waals surface area (Å²) in [6, 6.07) is 26.0. The second-order valence-electron chi connectivity index (χ2n) is 5.59. The van der Waals surface area contributed by atoms with Gasteiger partial charge in [-0.2, -0.15) is 0 Å². The fraction of sp³-hybridized carbons (Fsp3) is 0.0435. The number of allylic oxidation sites excluding steroid dienone is 2. The van der Waals surface area contributed by atoms with Gasteiger partial charge in [0.25, 0.3) is 0 Å². The van der Waals surface area contributed by atoms with E-state index >= 15 is 0 Å². The first kappa shape index (κ1) is 17.1. The summed E-state index contributed by atoms with van der Waals surface area (Å²) in [5, 5.41) is 0.741. The first-order valence-corrected chi connectivity index (χ1v) is 8.55. The molecular formula is C23H19ClO. The number of benzene rings is 3. The van der Waals surface area contributed by atoms with Crippen LogP contribution in [0, 0.1) is 0 Å².